The zero-order valence-corrected chi connectivity index (χ0v) is 11.8. The van der Waals surface area contributed by atoms with E-state index in [0.717, 1.165) is 31.9 Å². The molecule has 0 aromatic heterocycles. The number of hydrogen-bond acceptors (Lipinski definition) is 3. The van der Waals surface area contributed by atoms with E-state index in [9.17, 15) is 4.79 Å². The Kier molecular flexibility index (Phi) is 3.77. The van der Waals surface area contributed by atoms with Gasteiger partial charge in [0.2, 0.25) is 0 Å². The Morgan fingerprint density at radius 3 is 2.00 bits per heavy atom. The van der Waals surface area contributed by atoms with Crippen LogP contribution in [0.25, 0.3) is 0 Å². The number of benzene rings is 2. The van der Waals surface area contributed by atoms with Gasteiger partial charge in [-0.05, 0) is 30.3 Å². The van der Waals surface area contributed by atoms with Crippen molar-refractivity contribution in [1.82, 2.24) is 0 Å². The Hall–Kier alpha value is -2.49. The number of aromatic carboxylic acids is 1. The number of para-hydroxylation sites is 1. The Labute approximate surface area is 124 Å². The van der Waals surface area contributed by atoms with Crippen LogP contribution in [0.3, 0.4) is 0 Å². The van der Waals surface area contributed by atoms with Gasteiger partial charge in [-0.2, -0.15) is 0 Å². The summed E-state index contributed by atoms with van der Waals surface area (Å²) < 4.78 is 0. The lowest BCUT2D eigenvalue weighted by Gasteiger charge is -2.37. The number of hydrogen-bond donors (Lipinski definition) is 1. The SMILES string of the molecule is O=C(O)c1cccc(N2CCN(c3ccccc3)CC2)c1. The lowest BCUT2D eigenvalue weighted by Crippen LogP contribution is -2.46. The van der Waals surface area contributed by atoms with Crippen molar-refractivity contribution in [2.75, 3.05) is 36.0 Å². The molecule has 1 heterocycles. The lowest BCUT2D eigenvalue weighted by molar-refractivity contribution is 0.0697. The van der Waals surface area contributed by atoms with Gasteiger partial charge in [-0.3, -0.25) is 0 Å². The van der Waals surface area contributed by atoms with E-state index < -0.39 is 5.97 Å². The fourth-order valence-corrected chi connectivity index (χ4v) is 2.70. The zero-order chi connectivity index (χ0) is 14.7. The maximum absolute atomic E-state index is 11.0. The van der Waals surface area contributed by atoms with Crippen LogP contribution in [0, 0.1) is 0 Å². The molecular formula is C17H18N2O2. The van der Waals surface area contributed by atoms with Crippen LogP contribution >= 0.6 is 0 Å². The van der Waals surface area contributed by atoms with Gasteiger partial charge in [-0.25, -0.2) is 4.79 Å². The summed E-state index contributed by atoms with van der Waals surface area (Å²) in [6.07, 6.45) is 0. The van der Waals surface area contributed by atoms with Gasteiger partial charge in [0.15, 0.2) is 0 Å². The molecule has 0 bridgehead atoms. The third kappa shape index (κ3) is 2.99. The molecule has 0 unspecified atom stereocenters. The van der Waals surface area contributed by atoms with E-state index in [4.69, 9.17) is 5.11 Å². The number of piperazine rings is 1. The largest absolute Gasteiger partial charge is 0.478 e. The molecule has 3 rings (SSSR count). The highest BCUT2D eigenvalue weighted by molar-refractivity contribution is 5.88. The summed E-state index contributed by atoms with van der Waals surface area (Å²) in [4.78, 5) is 15.6. The van der Waals surface area contributed by atoms with Crippen LogP contribution in [0.2, 0.25) is 0 Å². The predicted molar refractivity (Wildman–Crippen MR) is 84.3 cm³/mol. The van der Waals surface area contributed by atoms with Gasteiger partial charge in [0.1, 0.15) is 0 Å². The second kappa shape index (κ2) is 5.87. The summed E-state index contributed by atoms with van der Waals surface area (Å²) in [5.74, 6) is -0.875. The van der Waals surface area contributed by atoms with Crippen LogP contribution in [0.1, 0.15) is 10.4 Å². The molecule has 0 amide bonds. The van der Waals surface area contributed by atoms with Crippen molar-refractivity contribution < 1.29 is 9.90 Å². The van der Waals surface area contributed by atoms with Crippen molar-refractivity contribution in [1.29, 1.82) is 0 Å². The topological polar surface area (TPSA) is 43.8 Å². The molecular weight excluding hydrogens is 264 g/mol. The number of anilines is 2. The minimum atomic E-state index is -0.875. The molecule has 1 N–H and O–H groups in total. The fraction of sp³-hybridized carbons (Fsp3) is 0.235. The van der Waals surface area contributed by atoms with Crippen molar-refractivity contribution in [2.45, 2.75) is 0 Å². The second-order valence-electron chi connectivity index (χ2n) is 5.17. The summed E-state index contributed by atoms with van der Waals surface area (Å²) >= 11 is 0. The Morgan fingerprint density at radius 2 is 1.38 bits per heavy atom. The molecule has 4 heteroatoms. The molecule has 0 spiro atoms. The van der Waals surface area contributed by atoms with Gasteiger partial charge in [-0.15, -0.1) is 0 Å². The monoisotopic (exact) mass is 282 g/mol. The smallest absolute Gasteiger partial charge is 0.335 e. The highest BCUT2D eigenvalue weighted by Gasteiger charge is 2.18. The van der Waals surface area contributed by atoms with E-state index in [1.54, 1.807) is 12.1 Å². The van der Waals surface area contributed by atoms with E-state index in [0.29, 0.717) is 5.56 Å². The highest BCUT2D eigenvalue weighted by Crippen LogP contribution is 2.21. The summed E-state index contributed by atoms with van der Waals surface area (Å²) in [5.41, 5.74) is 2.58. The molecule has 1 aliphatic heterocycles. The van der Waals surface area contributed by atoms with Crippen LogP contribution in [-0.2, 0) is 0 Å². The molecule has 1 saturated heterocycles. The van der Waals surface area contributed by atoms with Crippen LogP contribution in [0.4, 0.5) is 11.4 Å². The van der Waals surface area contributed by atoms with Gasteiger partial charge in [0.25, 0.3) is 0 Å². The van der Waals surface area contributed by atoms with E-state index in [1.807, 2.05) is 18.2 Å². The van der Waals surface area contributed by atoms with Crippen molar-refractivity contribution in [3.8, 4) is 0 Å². The number of rotatable bonds is 3. The van der Waals surface area contributed by atoms with Gasteiger partial charge >= 0.3 is 5.97 Å². The molecule has 2 aromatic rings. The Morgan fingerprint density at radius 1 is 0.810 bits per heavy atom. The number of nitrogens with zero attached hydrogens (tertiary/aromatic N) is 2. The first kappa shape index (κ1) is 13.5. The number of carbonyl (C=O) groups is 1. The van der Waals surface area contributed by atoms with Crippen LogP contribution in [-0.4, -0.2) is 37.3 Å². The number of carboxylic acids is 1. The second-order valence-corrected chi connectivity index (χ2v) is 5.17. The minimum absolute atomic E-state index is 0.345. The van der Waals surface area contributed by atoms with Crippen LogP contribution in [0.5, 0.6) is 0 Å². The highest BCUT2D eigenvalue weighted by atomic mass is 16.4. The van der Waals surface area contributed by atoms with E-state index in [1.165, 1.54) is 5.69 Å². The molecule has 0 radical (unpaired) electrons. The average molecular weight is 282 g/mol. The van der Waals surface area contributed by atoms with E-state index in [-0.39, 0.29) is 0 Å². The molecule has 0 atom stereocenters. The van der Waals surface area contributed by atoms with Gasteiger partial charge in [0.05, 0.1) is 5.56 Å². The van der Waals surface area contributed by atoms with Crippen molar-refractivity contribution in [3.63, 3.8) is 0 Å². The quantitative estimate of drug-likeness (QED) is 0.940. The van der Waals surface area contributed by atoms with Crippen molar-refractivity contribution >= 4 is 17.3 Å². The predicted octanol–water partition coefficient (Wildman–Crippen LogP) is 2.71. The summed E-state index contributed by atoms with van der Waals surface area (Å²) in [5, 5.41) is 9.07. The van der Waals surface area contributed by atoms with Gasteiger partial charge < -0.3 is 14.9 Å². The van der Waals surface area contributed by atoms with Gasteiger partial charge in [0, 0.05) is 37.6 Å². The molecule has 21 heavy (non-hydrogen) atoms. The average Bonchev–Trinajstić information content (AvgIpc) is 2.56. The minimum Gasteiger partial charge on any atom is -0.478 e. The fourth-order valence-electron chi connectivity index (χ4n) is 2.70. The first-order valence-corrected chi connectivity index (χ1v) is 7.12. The third-order valence-electron chi connectivity index (χ3n) is 3.86. The standard InChI is InChI=1S/C17H18N2O2/c20-17(21)14-5-4-8-16(13-14)19-11-9-18(10-12-19)15-6-2-1-3-7-15/h1-8,13H,9-12H2,(H,20,21). The molecule has 108 valence electrons. The maximum Gasteiger partial charge on any atom is 0.335 e. The molecule has 4 nitrogen and oxygen atoms in total. The summed E-state index contributed by atoms with van der Waals surface area (Å²) in [6, 6.07) is 17.5. The molecule has 2 aromatic carbocycles. The molecule has 1 aliphatic rings. The third-order valence-corrected chi connectivity index (χ3v) is 3.86. The maximum atomic E-state index is 11.0. The Balaban J connectivity index is 1.68. The molecule has 1 fully saturated rings. The first-order chi connectivity index (χ1) is 10.2. The van der Waals surface area contributed by atoms with Crippen LogP contribution < -0.4 is 9.80 Å². The first-order valence-electron chi connectivity index (χ1n) is 7.12. The Bertz CT molecular complexity index is 620. The van der Waals surface area contributed by atoms with E-state index >= 15 is 0 Å². The number of carboxylic acid groups (broad SMARTS) is 1. The summed E-state index contributed by atoms with van der Waals surface area (Å²) in [7, 11) is 0. The molecule has 0 saturated carbocycles. The van der Waals surface area contributed by atoms with Crippen molar-refractivity contribution in [3.05, 3.63) is 60.2 Å². The van der Waals surface area contributed by atoms with E-state index in [2.05, 4.69) is 34.1 Å². The zero-order valence-electron chi connectivity index (χ0n) is 11.8. The van der Waals surface area contributed by atoms with Crippen LogP contribution in [0.15, 0.2) is 54.6 Å². The van der Waals surface area contributed by atoms with Crippen molar-refractivity contribution in [2.24, 2.45) is 0 Å². The lowest BCUT2D eigenvalue weighted by atomic mass is 10.1. The molecule has 0 aliphatic carbocycles. The normalized spacial score (nSPS) is 15.0. The summed E-state index contributed by atoms with van der Waals surface area (Å²) in [6.45, 7) is 3.69. The van der Waals surface area contributed by atoms with Gasteiger partial charge in [-0.1, -0.05) is 24.3 Å².